The third kappa shape index (κ3) is 6.49. The molecule has 0 N–H and O–H groups in total. The number of fused-ring (bicyclic) bond motifs is 15. The number of rotatable bonds is 6. The van der Waals surface area contributed by atoms with Crippen LogP contribution in [0.1, 0.15) is 0 Å². The van der Waals surface area contributed by atoms with Crippen LogP contribution in [0.15, 0.2) is 291 Å². The van der Waals surface area contributed by atoms with E-state index in [1.54, 1.807) is 0 Å². The lowest BCUT2D eigenvalue weighted by molar-refractivity contribution is 1.64. The smallest absolute Gasteiger partial charge is 0.00137 e. The van der Waals surface area contributed by atoms with Crippen molar-refractivity contribution in [3.63, 3.8) is 0 Å². The lowest BCUT2D eigenvalue weighted by atomic mass is 9.83. The summed E-state index contributed by atoms with van der Waals surface area (Å²) in [6.45, 7) is 0. The topological polar surface area (TPSA) is 0 Å². The van der Waals surface area contributed by atoms with Gasteiger partial charge in [-0.1, -0.05) is 255 Å². The summed E-state index contributed by atoms with van der Waals surface area (Å²) in [5, 5.41) is 17.8. The van der Waals surface area contributed by atoms with E-state index in [-0.39, 0.29) is 0 Å². The highest BCUT2D eigenvalue weighted by molar-refractivity contribution is 6.33. The molecule has 0 saturated carbocycles. The quantitative estimate of drug-likeness (QED) is 0.146. The fourth-order valence-corrected chi connectivity index (χ4v) is 14.7. The van der Waals surface area contributed by atoms with E-state index >= 15 is 0 Å². The second-order valence-corrected chi connectivity index (χ2v) is 22.5. The van der Waals surface area contributed by atoms with Gasteiger partial charge < -0.3 is 0 Å². The summed E-state index contributed by atoms with van der Waals surface area (Å²) in [6, 6.07) is 110. The highest BCUT2D eigenvalue weighted by Gasteiger charge is 2.29. The Kier molecular flexibility index (Phi) is 9.61. The molecule has 16 aromatic carbocycles. The summed E-state index contributed by atoms with van der Waals surface area (Å²) in [4.78, 5) is 0. The van der Waals surface area contributed by atoms with Crippen molar-refractivity contribution in [2.45, 2.75) is 0 Å². The van der Waals surface area contributed by atoms with Crippen LogP contribution in [0.4, 0.5) is 0 Å². The Bertz CT molecular complexity index is 5060. The Labute approximate surface area is 475 Å². The maximum absolute atomic E-state index is 2.53. The van der Waals surface area contributed by atoms with Gasteiger partial charge in [0.25, 0.3) is 0 Å². The molecule has 18 rings (SSSR count). The van der Waals surface area contributed by atoms with Gasteiger partial charge in [0.05, 0.1) is 0 Å². The third-order valence-electron chi connectivity index (χ3n) is 18.3. The van der Waals surface area contributed by atoms with Gasteiger partial charge in [0.15, 0.2) is 0 Å². The van der Waals surface area contributed by atoms with Gasteiger partial charge in [-0.3, -0.25) is 0 Å². The summed E-state index contributed by atoms with van der Waals surface area (Å²) in [7, 11) is 0. The van der Waals surface area contributed by atoms with Crippen molar-refractivity contribution in [1.82, 2.24) is 0 Å². The Hall–Kier alpha value is -10.7. The first-order valence-corrected chi connectivity index (χ1v) is 28.6. The van der Waals surface area contributed by atoms with Gasteiger partial charge in [0, 0.05) is 0 Å². The largest absolute Gasteiger partial charge is 0.0622 e. The van der Waals surface area contributed by atoms with E-state index in [2.05, 4.69) is 291 Å². The monoisotopic (exact) mass is 1030 g/mol. The average Bonchev–Trinajstić information content (AvgIpc) is 4.28. The molecule has 0 fully saturated rings. The molecule has 0 nitrogen and oxygen atoms in total. The van der Waals surface area contributed by atoms with Crippen LogP contribution >= 0.6 is 0 Å². The van der Waals surface area contributed by atoms with Crippen molar-refractivity contribution in [2.24, 2.45) is 0 Å². The summed E-state index contributed by atoms with van der Waals surface area (Å²) >= 11 is 0. The molecule has 0 bridgehead atoms. The summed E-state index contributed by atoms with van der Waals surface area (Å²) in [5.41, 5.74) is 25.2. The first kappa shape index (κ1) is 45.2. The highest BCUT2D eigenvalue weighted by Crippen LogP contribution is 2.57. The SMILES string of the molecule is c1ccc(-c2ccc3c(c2)c(-c2ccc(-c4cc5c6ccc(-c7ccccc7)c7c6c(cc5c5ccc(-c6ccccc6)cc45)-c4ccccc4-7)c4ccccc24)cc2c4ccc(-c5ccccc5)c5c4c(cc32)-c2ccccc2-5)cc1. The van der Waals surface area contributed by atoms with E-state index in [0.29, 0.717) is 0 Å². The van der Waals surface area contributed by atoms with Gasteiger partial charge in [-0.2, -0.15) is 0 Å². The second kappa shape index (κ2) is 17.4. The van der Waals surface area contributed by atoms with Gasteiger partial charge in [0.2, 0.25) is 0 Å². The van der Waals surface area contributed by atoms with Gasteiger partial charge in [0.1, 0.15) is 0 Å². The molecule has 0 heteroatoms. The molecule has 0 aliphatic heterocycles. The summed E-state index contributed by atoms with van der Waals surface area (Å²) < 4.78 is 0. The Morgan fingerprint density at radius 2 is 0.439 bits per heavy atom. The van der Waals surface area contributed by atoms with Crippen LogP contribution in [-0.4, -0.2) is 0 Å². The van der Waals surface area contributed by atoms with Crippen molar-refractivity contribution in [3.05, 3.63) is 291 Å². The molecule has 2 aliphatic rings. The average molecular weight is 1030 g/mol. The molecule has 16 aromatic rings. The molecule has 82 heavy (non-hydrogen) atoms. The summed E-state index contributed by atoms with van der Waals surface area (Å²) in [5.74, 6) is 0. The molecule has 0 spiro atoms. The normalized spacial score (nSPS) is 12.1. The molecule has 0 aromatic heterocycles. The fourth-order valence-electron chi connectivity index (χ4n) is 14.7. The van der Waals surface area contributed by atoms with Crippen LogP contribution in [0.3, 0.4) is 0 Å². The van der Waals surface area contributed by atoms with E-state index in [4.69, 9.17) is 0 Å². The molecule has 0 saturated heterocycles. The van der Waals surface area contributed by atoms with E-state index in [0.717, 1.165) is 0 Å². The van der Waals surface area contributed by atoms with Crippen LogP contribution in [0.2, 0.25) is 0 Å². The number of hydrogen-bond donors (Lipinski definition) is 0. The van der Waals surface area contributed by atoms with E-state index < -0.39 is 0 Å². The van der Waals surface area contributed by atoms with Gasteiger partial charge in [-0.25, -0.2) is 0 Å². The standard InChI is InChI=1S/C82H48/c1-5-19-49(20-6-1)53-33-35-63-69(43-53)71(45-75-67-41-37-55(51-23-9-3-10-24-51)79-65-31-17-15-29-59(65)77(81(67)79)47-73(63)75)61-39-40-62(58-28-14-13-27-57(58)61)72-46-76-68-42-38-56(52-25-11-4-12-26-52)80-66-32-18-16-30-60(66)78(82(68)80)48-74(76)64-36-34-54(44-70(64)72)50-21-7-2-8-22-50/h1-48H. The first-order valence-electron chi connectivity index (χ1n) is 28.6. The van der Waals surface area contributed by atoms with Gasteiger partial charge in [-0.15, -0.1) is 0 Å². The van der Waals surface area contributed by atoms with E-state index in [9.17, 15) is 0 Å². The Balaban J connectivity index is 0.924. The number of hydrogen-bond acceptors (Lipinski definition) is 0. The van der Waals surface area contributed by atoms with Crippen molar-refractivity contribution in [3.8, 4) is 111 Å². The minimum absolute atomic E-state index is 1.21. The summed E-state index contributed by atoms with van der Waals surface area (Å²) in [6.07, 6.45) is 0. The molecule has 2 aliphatic carbocycles. The third-order valence-corrected chi connectivity index (χ3v) is 18.3. The minimum Gasteiger partial charge on any atom is -0.0622 e. The zero-order valence-electron chi connectivity index (χ0n) is 44.7. The van der Waals surface area contributed by atoms with E-state index in [1.807, 2.05) is 0 Å². The van der Waals surface area contributed by atoms with Gasteiger partial charge in [-0.05, 0) is 223 Å². The zero-order chi connectivity index (χ0) is 53.6. The zero-order valence-corrected chi connectivity index (χ0v) is 44.7. The van der Waals surface area contributed by atoms with Crippen LogP contribution in [0, 0.1) is 0 Å². The van der Waals surface area contributed by atoms with Crippen LogP contribution in [0.25, 0.3) is 187 Å². The minimum atomic E-state index is 1.21. The van der Waals surface area contributed by atoms with Crippen molar-refractivity contribution < 1.29 is 0 Å². The van der Waals surface area contributed by atoms with Crippen molar-refractivity contribution in [2.75, 3.05) is 0 Å². The van der Waals surface area contributed by atoms with E-state index in [1.165, 1.54) is 187 Å². The Morgan fingerprint density at radius 1 is 0.122 bits per heavy atom. The maximum Gasteiger partial charge on any atom is -0.00137 e. The first-order chi connectivity index (χ1) is 40.7. The highest BCUT2D eigenvalue weighted by atomic mass is 14.3. The lowest BCUT2D eigenvalue weighted by Gasteiger charge is -2.20. The molecule has 0 heterocycles. The molecule has 0 unspecified atom stereocenters. The predicted molar refractivity (Wildman–Crippen MR) is 350 cm³/mol. The second-order valence-electron chi connectivity index (χ2n) is 22.5. The number of benzene rings is 16. The molecule has 376 valence electrons. The van der Waals surface area contributed by atoms with Crippen molar-refractivity contribution in [1.29, 1.82) is 0 Å². The Morgan fingerprint density at radius 3 is 0.854 bits per heavy atom. The van der Waals surface area contributed by atoms with Crippen molar-refractivity contribution >= 4 is 75.4 Å². The fraction of sp³-hybridized carbons (Fsp3) is 0. The lowest BCUT2D eigenvalue weighted by Crippen LogP contribution is -1.93. The molecule has 0 amide bonds. The van der Waals surface area contributed by atoms with Crippen LogP contribution in [-0.2, 0) is 0 Å². The molecule has 0 atom stereocenters. The maximum atomic E-state index is 2.53. The van der Waals surface area contributed by atoms with Gasteiger partial charge >= 0.3 is 0 Å². The molecular weight excluding hydrogens is 985 g/mol. The van der Waals surface area contributed by atoms with Crippen LogP contribution < -0.4 is 0 Å². The van der Waals surface area contributed by atoms with Crippen LogP contribution in [0.5, 0.6) is 0 Å². The predicted octanol–water partition coefficient (Wildman–Crippen LogP) is 23.1. The molecule has 0 radical (unpaired) electrons. The molecular formula is C82H48.